The molecule has 0 aliphatic heterocycles. The highest BCUT2D eigenvalue weighted by atomic mass is 32.1. The SMILES string of the molecule is CC(C)(C)OC(=O)CNCCOc1ccc2n[c]sc2c1. The molecule has 0 unspecified atom stereocenters. The van der Waals surface area contributed by atoms with Gasteiger partial charge in [0.25, 0.3) is 0 Å². The van der Waals surface area contributed by atoms with Crippen LogP contribution in [0.25, 0.3) is 10.2 Å². The lowest BCUT2D eigenvalue weighted by Crippen LogP contribution is -2.33. The van der Waals surface area contributed by atoms with Crippen LogP contribution in [-0.2, 0) is 9.53 Å². The van der Waals surface area contributed by atoms with Gasteiger partial charge >= 0.3 is 5.97 Å². The molecule has 2 rings (SSSR count). The molecule has 0 bridgehead atoms. The van der Waals surface area contributed by atoms with Gasteiger partial charge in [0.1, 0.15) is 18.0 Å². The van der Waals surface area contributed by atoms with Crippen molar-refractivity contribution < 1.29 is 14.3 Å². The molecule has 6 heteroatoms. The molecule has 1 aromatic heterocycles. The van der Waals surface area contributed by atoms with Gasteiger partial charge in [-0.3, -0.25) is 4.79 Å². The maximum Gasteiger partial charge on any atom is 0.320 e. The van der Waals surface area contributed by atoms with Crippen LogP contribution in [0.15, 0.2) is 18.2 Å². The third kappa shape index (κ3) is 5.32. The first-order chi connectivity index (χ1) is 9.94. The van der Waals surface area contributed by atoms with E-state index < -0.39 is 5.60 Å². The molecule has 1 aromatic carbocycles. The van der Waals surface area contributed by atoms with Crippen molar-refractivity contribution in [2.45, 2.75) is 26.4 Å². The molecule has 21 heavy (non-hydrogen) atoms. The Kier molecular flexibility index (Phi) is 5.14. The lowest BCUT2D eigenvalue weighted by molar-refractivity contribution is -0.153. The second-order valence-corrected chi connectivity index (χ2v) is 6.37. The third-order valence-electron chi connectivity index (χ3n) is 2.49. The van der Waals surface area contributed by atoms with E-state index in [1.54, 1.807) is 0 Å². The molecule has 1 radical (unpaired) electrons. The van der Waals surface area contributed by atoms with Crippen LogP contribution in [0.4, 0.5) is 0 Å². The number of hydrogen-bond donors (Lipinski definition) is 1. The van der Waals surface area contributed by atoms with Gasteiger partial charge in [0, 0.05) is 6.54 Å². The molecule has 0 spiro atoms. The largest absolute Gasteiger partial charge is 0.492 e. The lowest BCUT2D eigenvalue weighted by Gasteiger charge is -2.19. The zero-order chi connectivity index (χ0) is 15.3. The number of rotatable bonds is 6. The smallest absolute Gasteiger partial charge is 0.320 e. The highest BCUT2D eigenvalue weighted by Crippen LogP contribution is 2.22. The van der Waals surface area contributed by atoms with Crippen LogP contribution in [0.1, 0.15) is 20.8 Å². The minimum absolute atomic E-state index is 0.184. The fourth-order valence-electron chi connectivity index (χ4n) is 1.69. The molecule has 1 N–H and O–H groups in total. The van der Waals surface area contributed by atoms with Crippen LogP contribution < -0.4 is 10.1 Å². The number of hydrogen-bond acceptors (Lipinski definition) is 6. The van der Waals surface area contributed by atoms with Gasteiger partial charge < -0.3 is 14.8 Å². The Morgan fingerprint density at radius 2 is 2.24 bits per heavy atom. The van der Waals surface area contributed by atoms with E-state index in [1.807, 2.05) is 39.0 Å². The summed E-state index contributed by atoms with van der Waals surface area (Å²) < 4.78 is 11.9. The molecule has 2 aromatic rings. The van der Waals surface area contributed by atoms with Gasteiger partial charge in [-0.05, 0) is 39.0 Å². The highest BCUT2D eigenvalue weighted by Gasteiger charge is 2.15. The molecule has 1 heterocycles. The van der Waals surface area contributed by atoms with Gasteiger partial charge in [0.05, 0.1) is 16.8 Å². The van der Waals surface area contributed by atoms with Crippen molar-refractivity contribution in [3.63, 3.8) is 0 Å². The summed E-state index contributed by atoms with van der Waals surface area (Å²) in [6, 6.07) is 5.73. The fraction of sp³-hybridized carbons (Fsp3) is 0.467. The van der Waals surface area contributed by atoms with Crippen molar-refractivity contribution in [1.82, 2.24) is 10.3 Å². The van der Waals surface area contributed by atoms with E-state index in [-0.39, 0.29) is 12.5 Å². The Morgan fingerprint density at radius 3 is 3.00 bits per heavy atom. The zero-order valence-electron chi connectivity index (χ0n) is 12.4. The number of nitrogens with one attached hydrogen (secondary N) is 1. The number of aromatic nitrogens is 1. The van der Waals surface area contributed by atoms with E-state index in [0.717, 1.165) is 16.0 Å². The Hall–Kier alpha value is -1.66. The zero-order valence-corrected chi connectivity index (χ0v) is 13.3. The standard InChI is InChI=1S/C15H19N2O3S/c1-15(2,3)20-14(18)9-16-6-7-19-11-4-5-12-13(8-11)21-10-17-12/h4-5,8,16H,6-7,9H2,1-3H3. The van der Waals surface area contributed by atoms with Crippen LogP contribution in [-0.4, -0.2) is 36.3 Å². The normalized spacial score (nSPS) is 11.6. The summed E-state index contributed by atoms with van der Waals surface area (Å²) in [5.41, 5.74) is 3.32. The maximum atomic E-state index is 11.5. The molecule has 0 fully saturated rings. The van der Waals surface area contributed by atoms with Crippen molar-refractivity contribution in [3.8, 4) is 5.75 Å². The molecule has 0 saturated heterocycles. The summed E-state index contributed by atoms with van der Waals surface area (Å²) in [4.78, 5) is 15.6. The number of benzene rings is 1. The van der Waals surface area contributed by atoms with E-state index in [2.05, 4.69) is 15.8 Å². The summed E-state index contributed by atoms with van der Waals surface area (Å²) in [5, 5.41) is 2.99. The number of ether oxygens (including phenoxy) is 2. The topological polar surface area (TPSA) is 60.5 Å². The molecule has 113 valence electrons. The molecular weight excluding hydrogens is 288 g/mol. The second kappa shape index (κ2) is 6.87. The summed E-state index contributed by atoms with van der Waals surface area (Å²) in [6.07, 6.45) is 0. The summed E-state index contributed by atoms with van der Waals surface area (Å²) in [5.74, 6) is 0.531. The number of esters is 1. The average Bonchev–Trinajstić information content (AvgIpc) is 2.83. The van der Waals surface area contributed by atoms with Crippen molar-refractivity contribution >= 4 is 27.5 Å². The summed E-state index contributed by atoms with van der Waals surface area (Å²) in [7, 11) is 0. The quantitative estimate of drug-likeness (QED) is 0.656. The Bertz CT molecular complexity index is 604. The first kappa shape index (κ1) is 15.7. The van der Waals surface area contributed by atoms with E-state index in [1.165, 1.54) is 11.3 Å². The van der Waals surface area contributed by atoms with Crippen molar-refractivity contribution in [3.05, 3.63) is 23.7 Å². The first-order valence-corrected chi connectivity index (χ1v) is 7.58. The van der Waals surface area contributed by atoms with Gasteiger partial charge in [-0.1, -0.05) is 0 Å². The van der Waals surface area contributed by atoms with Gasteiger partial charge in [-0.25, -0.2) is 4.98 Å². The summed E-state index contributed by atoms with van der Waals surface area (Å²) in [6.45, 7) is 6.79. The molecule has 0 aliphatic rings. The molecule has 0 saturated carbocycles. The van der Waals surface area contributed by atoms with Crippen molar-refractivity contribution in [2.75, 3.05) is 19.7 Å². The second-order valence-electron chi connectivity index (χ2n) is 5.55. The van der Waals surface area contributed by atoms with Crippen LogP contribution in [0.5, 0.6) is 5.75 Å². The highest BCUT2D eigenvalue weighted by molar-refractivity contribution is 7.16. The first-order valence-electron chi connectivity index (χ1n) is 6.76. The molecule has 0 atom stereocenters. The number of thiazole rings is 1. The predicted molar refractivity (Wildman–Crippen MR) is 82.7 cm³/mol. The van der Waals surface area contributed by atoms with Gasteiger partial charge in [0.2, 0.25) is 0 Å². The monoisotopic (exact) mass is 307 g/mol. The minimum Gasteiger partial charge on any atom is -0.492 e. The van der Waals surface area contributed by atoms with E-state index in [4.69, 9.17) is 9.47 Å². The van der Waals surface area contributed by atoms with Crippen LogP contribution in [0.2, 0.25) is 0 Å². The third-order valence-corrected chi connectivity index (χ3v) is 3.22. The predicted octanol–water partition coefficient (Wildman–Crippen LogP) is 2.41. The average molecular weight is 307 g/mol. The number of carbonyl (C=O) groups excluding carboxylic acids is 1. The Labute approximate surface area is 128 Å². The number of nitrogens with zero attached hydrogens (tertiary/aromatic N) is 1. The molecule has 5 nitrogen and oxygen atoms in total. The van der Waals surface area contributed by atoms with Crippen molar-refractivity contribution in [1.29, 1.82) is 0 Å². The van der Waals surface area contributed by atoms with Gasteiger partial charge in [-0.2, -0.15) is 0 Å². The number of carbonyl (C=O) groups is 1. The minimum atomic E-state index is -0.448. The lowest BCUT2D eigenvalue weighted by atomic mass is 10.2. The van der Waals surface area contributed by atoms with Crippen LogP contribution in [0.3, 0.4) is 0 Å². The summed E-state index contributed by atoms with van der Waals surface area (Å²) >= 11 is 1.46. The molecule has 0 amide bonds. The maximum absolute atomic E-state index is 11.5. The van der Waals surface area contributed by atoms with E-state index in [0.29, 0.717) is 13.2 Å². The van der Waals surface area contributed by atoms with E-state index >= 15 is 0 Å². The number of fused-ring (bicyclic) bond motifs is 1. The van der Waals surface area contributed by atoms with Gasteiger partial charge in [0.15, 0.2) is 5.51 Å². The molecular formula is C15H19N2O3S. The van der Waals surface area contributed by atoms with Gasteiger partial charge in [-0.15, -0.1) is 11.3 Å². The fourth-order valence-corrected chi connectivity index (χ4v) is 2.32. The van der Waals surface area contributed by atoms with Crippen molar-refractivity contribution in [2.24, 2.45) is 0 Å². The van der Waals surface area contributed by atoms with Crippen LogP contribution in [0, 0.1) is 5.51 Å². The Balaban J connectivity index is 1.66. The molecule has 0 aliphatic carbocycles. The van der Waals surface area contributed by atoms with E-state index in [9.17, 15) is 4.79 Å². The van der Waals surface area contributed by atoms with Crippen LogP contribution >= 0.6 is 11.3 Å². The Morgan fingerprint density at radius 1 is 1.43 bits per heavy atom.